The Labute approximate surface area is 254 Å². The minimum absolute atomic E-state index is 0.0177. The number of aliphatic hydroxyl groups excluding tert-OH is 1. The highest BCUT2D eigenvalue weighted by Gasteiger charge is 2.15. The molecule has 220 valence electrons. The van der Waals surface area contributed by atoms with Crippen molar-refractivity contribution in [1.29, 1.82) is 0 Å². The second kappa shape index (κ2) is 13.9. The summed E-state index contributed by atoms with van der Waals surface area (Å²) in [6.45, 7) is 10.3. The summed E-state index contributed by atoms with van der Waals surface area (Å²) in [6.07, 6.45) is 1.14. The topological polar surface area (TPSA) is 76.0 Å². The van der Waals surface area contributed by atoms with E-state index in [1.165, 1.54) is 12.5 Å². The first-order valence-electron chi connectivity index (χ1n) is 14.3. The lowest BCUT2D eigenvalue weighted by atomic mass is 9.85. The number of aryl methyl sites for hydroxylation is 1. The van der Waals surface area contributed by atoms with E-state index < -0.39 is 12.1 Å². The van der Waals surface area contributed by atoms with Crippen LogP contribution in [0.2, 0.25) is 0 Å². The molecule has 5 heteroatoms. The first-order valence-corrected chi connectivity index (χ1v) is 14.3. The lowest BCUT2D eigenvalue weighted by Gasteiger charge is -2.19. The average Bonchev–Trinajstić information content (AvgIpc) is 2.99. The lowest BCUT2D eigenvalue weighted by Crippen LogP contribution is -2.23. The van der Waals surface area contributed by atoms with Crippen LogP contribution in [-0.2, 0) is 16.8 Å². The Kier molecular flexibility index (Phi) is 10.1. The van der Waals surface area contributed by atoms with Crippen LogP contribution < -0.4 is 9.47 Å². The number of carboxylic acid groups (broad SMARTS) is 1. The first kappa shape index (κ1) is 31.2. The second-order valence-electron chi connectivity index (χ2n) is 11.5. The van der Waals surface area contributed by atoms with Crippen LogP contribution in [0.1, 0.15) is 66.6 Å². The number of aliphatic hydroxyl groups is 1. The standard InChI is InChI=1S/C38H38O5/c1-26-24-34(20-21-36(26)43-27(2)37(40)41)42-23-22-35(32-16-18-33(19-17-32)38(3,4)5)31-14-12-29(13-15-31)7-6-28-8-10-30(25-39)11-9-28/h8-22,24,27,39H,23,25H2,1-5H3,(H,40,41). The van der Waals surface area contributed by atoms with Gasteiger partial charge in [-0.2, -0.15) is 0 Å². The van der Waals surface area contributed by atoms with Crippen LogP contribution in [0.3, 0.4) is 0 Å². The van der Waals surface area contributed by atoms with Gasteiger partial charge in [-0.3, -0.25) is 0 Å². The van der Waals surface area contributed by atoms with Crippen LogP contribution >= 0.6 is 0 Å². The van der Waals surface area contributed by atoms with E-state index in [0.29, 0.717) is 18.1 Å². The molecule has 0 bridgehead atoms. The molecule has 0 aliphatic heterocycles. The molecule has 2 N–H and O–H groups in total. The van der Waals surface area contributed by atoms with Gasteiger partial charge in [0.05, 0.1) is 6.61 Å². The van der Waals surface area contributed by atoms with Crippen LogP contribution in [0, 0.1) is 18.8 Å². The fraction of sp³-hybridized carbons (Fsp3) is 0.237. The summed E-state index contributed by atoms with van der Waals surface area (Å²) in [6, 6.07) is 29.8. The average molecular weight is 575 g/mol. The Hall–Kier alpha value is -4.79. The number of hydrogen-bond acceptors (Lipinski definition) is 4. The van der Waals surface area contributed by atoms with E-state index in [9.17, 15) is 9.90 Å². The van der Waals surface area contributed by atoms with Gasteiger partial charge in [-0.1, -0.05) is 81.1 Å². The molecule has 0 amide bonds. The fourth-order valence-corrected chi connectivity index (χ4v) is 4.43. The second-order valence-corrected chi connectivity index (χ2v) is 11.5. The molecule has 5 nitrogen and oxygen atoms in total. The number of benzene rings is 4. The molecule has 1 unspecified atom stereocenters. The van der Waals surface area contributed by atoms with Crippen molar-refractivity contribution in [3.05, 3.63) is 136 Å². The summed E-state index contributed by atoms with van der Waals surface area (Å²) < 4.78 is 11.6. The molecule has 0 aromatic heterocycles. The predicted molar refractivity (Wildman–Crippen MR) is 171 cm³/mol. The Morgan fingerprint density at radius 2 is 1.42 bits per heavy atom. The normalized spacial score (nSPS) is 12.2. The number of ether oxygens (including phenoxy) is 2. The molecule has 0 saturated heterocycles. The van der Waals surface area contributed by atoms with Crippen molar-refractivity contribution in [3.63, 3.8) is 0 Å². The van der Waals surface area contributed by atoms with Gasteiger partial charge in [0.25, 0.3) is 0 Å². The maximum atomic E-state index is 11.1. The highest BCUT2D eigenvalue weighted by molar-refractivity contribution is 5.80. The van der Waals surface area contributed by atoms with Gasteiger partial charge >= 0.3 is 5.97 Å². The molecule has 0 fully saturated rings. The zero-order chi connectivity index (χ0) is 31.0. The number of carboxylic acids is 1. The van der Waals surface area contributed by atoms with Crippen molar-refractivity contribution >= 4 is 11.5 Å². The van der Waals surface area contributed by atoms with Crippen LogP contribution in [-0.4, -0.2) is 28.9 Å². The summed E-state index contributed by atoms with van der Waals surface area (Å²) in [5.41, 5.74) is 7.96. The van der Waals surface area contributed by atoms with Crippen molar-refractivity contribution in [1.82, 2.24) is 0 Å². The van der Waals surface area contributed by atoms with Gasteiger partial charge in [0.1, 0.15) is 18.1 Å². The molecule has 0 heterocycles. The smallest absolute Gasteiger partial charge is 0.344 e. The van der Waals surface area contributed by atoms with Crippen LogP contribution in [0.25, 0.3) is 5.57 Å². The summed E-state index contributed by atoms with van der Waals surface area (Å²) >= 11 is 0. The van der Waals surface area contributed by atoms with E-state index in [1.54, 1.807) is 12.1 Å². The van der Waals surface area contributed by atoms with E-state index >= 15 is 0 Å². The van der Waals surface area contributed by atoms with Gasteiger partial charge in [0.15, 0.2) is 6.10 Å². The Morgan fingerprint density at radius 1 is 0.860 bits per heavy atom. The van der Waals surface area contributed by atoms with E-state index in [1.807, 2.05) is 49.4 Å². The van der Waals surface area contributed by atoms with Gasteiger partial charge in [0, 0.05) is 11.1 Å². The van der Waals surface area contributed by atoms with Crippen LogP contribution in [0.15, 0.2) is 97.1 Å². The van der Waals surface area contributed by atoms with E-state index in [2.05, 4.69) is 75.1 Å². The van der Waals surface area contributed by atoms with Crippen LogP contribution in [0.5, 0.6) is 11.5 Å². The SMILES string of the molecule is Cc1cc(OCC=C(c2ccc(C#Cc3ccc(CO)cc3)cc2)c2ccc(C(C)(C)C)cc2)ccc1OC(C)C(=O)O. The number of carbonyl (C=O) groups is 1. The van der Waals surface area contributed by atoms with Gasteiger partial charge in [-0.15, -0.1) is 0 Å². The van der Waals surface area contributed by atoms with Gasteiger partial charge in [0.2, 0.25) is 0 Å². The van der Waals surface area contributed by atoms with E-state index in [0.717, 1.165) is 39.0 Å². The number of hydrogen-bond donors (Lipinski definition) is 2. The molecule has 0 saturated carbocycles. The highest BCUT2D eigenvalue weighted by Crippen LogP contribution is 2.29. The Bertz CT molecular complexity index is 1630. The summed E-state index contributed by atoms with van der Waals surface area (Å²) in [4.78, 5) is 11.1. The molecule has 4 aromatic carbocycles. The fourth-order valence-electron chi connectivity index (χ4n) is 4.43. The summed E-state index contributed by atoms with van der Waals surface area (Å²) in [5.74, 6) is 6.58. The summed E-state index contributed by atoms with van der Waals surface area (Å²) in [7, 11) is 0. The maximum Gasteiger partial charge on any atom is 0.344 e. The number of aliphatic carboxylic acids is 1. The molecule has 43 heavy (non-hydrogen) atoms. The molecule has 1 atom stereocenters. The van der Waals surface area contributed by atoms with E-state index in [-0.39, 0.29) is 12.0 Å². The monoisotopic (exact) mass is 574 g/mol. The third-order valence-electron chi connectivity index (χ3n) is 7.08. The van der Waals surface area contributed by atoms with Gasteiger partial charge in [-0.05, 0) is 101 Å². The molecular weight excluding hydrogens is 536 g/mol. The maximum absolute atomic E-state index is 11.1. The molecule has 0 aliphatic rings. The minimum Gasteiger partial charge on any atom is -0.489 e. The minimum atomic E-state index is -1.01. The predicted octanol–water partition coefficient (Wildman–Crippen LogP) is 7.55. The van der Waals surface area contributed by atoms with Crippen molar-refractivity contribution in [3.8, 4) is 23.3 Å². The van der Waals surface area contributed by atoms with Gasteiger partial charge < -0.3 is 19.7 Å². The zero-order valence-corrected chi connectivity index (χ0v) is 25.3. The van der Waals surface area contributed by atoms with Crippen molar-refractivity contribution < 1.29 is 24.5 Å². The van der Waals surface area contributed by atoms with Crippen LogP contribution in [0.4, 0.5) is 0 Å². The quantitative estimate of drug-likeness (QED) is 0.202. The third-order valence-corrected chi connectivity index (χ3v) is 7.08. The van der Waals surface area contributed by atoms with E-state index in [4.69, 9.17) is 14.6 Å². The summed E-state index contributed by atoms with van der Waals surface area (Å²) in [5, 5.41) is 18.4. The molecule has 4 aromatic rings. The van der Waals surface area contributed by atoms with Crippen molar-refractivity contribution in [2.75, 3.05) is 6.61 Å². The lowest BCUT2D eigenvalue weighted by molar-refractivity contribution is -0.144. The largest absolute Gasteiger partial charge is 0.489 e. The van der Waals surface area contributed by atoms with Crippen molar-refractivity contribution in [2.24, 2.45) is 0 Å². The zero-order valence-electron chi connectivity index (χ0n) is 25.3. The van der Waals surface area contributed by atoms with Gasteiger partial charge in [-0.25, -0.2) is 4.79 Å². The first-order chi connectivity index (χ1) is 20.5. The highest BCUT2D eigenvalue weighted by atomic mass is 16.5. The molecule has 0 radical (unpaired) electrons. The Morgan fingerprint density at radius 3 is 1.93 bits per heavy atom. The molecule has 0 aliphatic carbocycles. The third kappa shape index (κ3) is 8.61. The molecule has 0 spiro atoms. The number of rotatable bonds is 9. The van der Waals surface area contributed by atoms with Crippen molar-refractivity contribution in [2.45, 2.75) is 52.7 Å². The molecular formula is C38H38O5. The molecule has 4 rings (SSSR count). The Balaban J connectivity index is 1.56.